The molecule has 23 nitrogen and oxygen atoms in total. The summed E-state index contributed by atoms with van der Waals surface area (Å²) in [4.78, 5) is 65.1. The van der Waals surface area contributed by atoms with Gasteiger partial charge in [0.05, 0.1) is 43.0 Å². The standard InChI is InChI=1S/C21H19ClN6O.C20H18ClN7O.C14H10ClN3O2.C7H11N3.CH4.ClH/c1-12-14(3-5-20(23)26-12)10-25-21(29)19-9-17(27-28-19)7-13-2-4-18-15(6-13)8-16(22)11-24-18;1-11-13(3-5-17(22)25-11)9-24-20(29)19-26-18(27-28-19)7-12-2-4-16-14(6-12)8-15(21)10-23-16;15-10-5-9-3-8(1-2-12(9)16-7-10)4-11-6-13(14(19)20)18-17-11;1-5-6(4-8)2-3-7(9)10-5;;/h2-6,8,11H,7,9-10H2,1H3,(H2,23,26)(H,25,29);2-6,8,10H,7,9H2,1H3,(H2,22,25)(H,24,29)(H,26,27,28);1-3,5,7H,4,6H2,(H,19,20);2-3H,4,8H2,1H3,(H2,9,10);1H4;1H. The first-order chi connectivity index (χ1) is 42.3. The van der Waals surface area contributed by atoms with Crippen LogP contribution in [0.2, 0.25) is 15.1 Å². The van der Waals surface area contributed by atoms with Crippen molar-refractivity contribution in [2.75, 3.05) is 17.2 Å². The van der Waals surface area contributed by atoms with Gasteiger partial charge in [-0.1, -0.05) is 78.6 Å². The van der Waals surface area contributed by atoms with Crippen LogP contribution in [0.25, 0.3) is 32.7 Å². The van der Waals surface area contributed by atoms with E-state index >= 15 is 0 Å². The Hall–Kier alpha value is -9.91. The molecule has 462 valence electrons. The molecule has 12 N–H and O–H groups in total. The number of halogens is 4. The Bertz CT molecular complexity index is 4420. The van der Waals surface area contributed by atoms with Gasteiger partial charge in [0, 0.05) is 104 Å². The predicted molar refractivity (Wildman–Crippen MR) is 359 cm³/mol. The van der Waals surface area contributed by atoms with Crippen LogP contribution in [-0.2, 0) is 48.5 Å². The second kappa shape index (κ2) is 31.3. The average molecular weight is 1290 g/mol. The summed E-state index contributed by atoms with van der Waals surface area (Å²) in [6.07, 6.45) is 7.27. The minimum atomic E-state index is -1.02. The smallest absolute Gasteiger partial charge is 0.352 e. The maximum absolute atomic E-state index is 12.4. The van der Waals surface area contributed by atoms with E-state index in [2.05, 4.69) is 76.1 Å². The molecule has 0 radical (unpaired) electrons. The molecule has 0 atom stereocenters. The molecule has 0 spiro atoms. The van der Waals surface area contributed by atoms with E-state index in [4.69, 9.17) is 62.8 Å². The van der Waals surface area contributed by atoms with Crippen molar-refractivity contribution >= 4 is 138 Å². The summed E-state index contributed by atoms with van der Waals surface area (Å²) in [6.45, 7) is 6.82. The number of anilines is 3. The molecular formula is C63H63Cl4N19O4. The highest BCUT2D eigenvalue weighted by molar-refractivity contribution is 6.43. The molecule has 10 aromatic rings. The number of nitrogens with zero attached hydrogens (tertiary/aromatic N) is 12. The van der Waals surface area contributed by atoms with Gasteiger partial charge in [0.1, 0.15) is 29.0 Å². The molecule has 0 aliphatic carbocycles. The Morgan fingerprint density at radius 1 is 0.522 bits per heavy atom. The molecule has 27 heteroatoms. The summed E-state index contributed by atoms with van der Waals surface area (Å²) in [5.74, 6) is 0.535. The van der Waals surface area contributed by atoms with Crippen LogP contribution in [0, 0.1) is 20.8 Å². The first-order valence-corrected chi connectivity index (χ1v) is 28.4. The van der Waals surface area contributed by atoms with Gasteiger partial charge in [0.2, 0.25) is 5.82 Å². The number of nitrogens with one attached hydrogen (secondary N) is 3. The number of aliphatic carboxylic acids is 1. The fourth-order valence-corrected chi connectivity index (χ4v) is 9.61. The minimum absolute atomic E-state index is 0. The second-order valence-electron chi connectivity index (χ2n) is 20.3. The number of nitrogen functional groups attached to an aromatic ring is 3. The molecule has 0 bridgehead atoms. The molecule has 90 heavy (non-hydrogen) atoms. The Balaban J connectivity index is 0.000000179. The first-order valence-electron chi connectivity index (χ1n) is 27.3. The third-order valence-electron chi connectivity index (χ3n) is 13.7. The zero-order chi connectivity index (χ0) is 62.4. The van der Waals surface area contributed by atoms with Gasteiger partial charge < -0.3 is 38.7 Å². The van der Waals surface area contributed by atoms with Gasteiger partial charge in [-0.05, 0) is 127 Å². The van der Waals surface area contributed by atoms with Gasteiger partial charge in [-0.3, -0.25) is 29.6 Å². The van der Waals surface area contributed by atoms with Gasteiger partial charge in [0.25, 0.3) is 11.8 Å². The molecule has 12 rings (SSSR count). The number of carbonyl (C=O) groups excluding carboxylic acids is 2. The number of aromatic nitrogens is 9. The number of aromatic amines is 1. The largest absolute Gasteiger partial charge is 0.477 e. The van der Waals surface area contributed by atoms with Gasteiger partial charge in [-0.2, -0.15) is 10.2 Å². The van der Waals surface area contributed by atoms with Crippen molar-refractivity contribution in [3.63, 3.8) is 0 Å². The lowest BCUT2D eigenvalue weighted by atomic mass is 10.0. The number of benzene rings is 3. The van der Waals surface area contributed by atoms with Crippen molar-refractivity contribution in [3.05, 3.63) is 205 Å². The number of nitrogens with two attached hydrogens (primary N) is 4. The van der Waals surface area contributed by atoms with Crippen molar-refractivity contribution in [2.45, 2.75) is 79.9 Å². The third kappa shape index (κ3) is 18.6. The summed E-state index contributed by atoms with van der Waals surface area (Å²) in [5, 5.41) is 41.8. The lowest BCUT2D eigenvalue weighted by Crippen LogP contribution is -2.31. The van der Waals surface area contributed by atoms with Gasteiger partial charge in [0.15, 0.2) is 5.71 Å². The Kier molecular flexibility index (Phi) is 23.5. The van der Waals surface area contributed by atoms with Crippen molar-refractivity contribution in [1.29, 1.82) is 0 Å². The fraction of sp³-hybridized carbons (Fsp3) is 0.190. The minimum Gasteiger partial charge on any atom is -0.477 e. The van der Waals surface area contributed by atoms with E-state index in [9.17, 15) is 14.4 Å². The number of fused-ring (bicyclic) bond motifs is 3. The molecule has 0 unspecified atom stereocenters. The summed E-state index contributed by atoms with van der Waals surface area (Å²) < 4.78 is 0. The lowest BCUT2D eigenvalue weighted by Gasteiger charge is -2.08. The number of aryl methyl sites for hydroxylation is 3. The van der Waals surface area contributed by atoms with Gasteiger partial charge >= 0.3 is 5.97 Å². The fourth-order valence-electron chi connectivity index (χ4n) is 9.11. The molecule has 0 fully saturated rings. The zero-order valence-corrected chi connectivity index (χ0v) is 51.3. The van der Waals surface area contributed by atoms with Crippen LogP contribution < -0.4 is 33.6 Å². The molecular weight excluding hydrogens is 1230 g/mol. The van der Waals surface area contributed by atoms with E-state index in [0.717, 1.165) is 94.6 Å². The summed E-state index contributed by atoms with van der Waals surface area (Å²) in [6, 6.07) is 34.1. The highest BCUT2D eigenvalue weighted by atomic mass is 35.5. The van der Waals surface area contributed by atoms with E-state index in [0.29, 0.717) is 95.8 Å². The van der Waals surface area contributed by atoms with Gasteiger partial charge in [-0.25, -0.2) is 24.7 Å². The Labute approximate surface area is 538 Å². The summed E-state index contributed by atoms with van der Waals surface area (Å²) >= 11 is 18.0. The number of amides is 2. The molecule has 2 aliphatic rings. The quantitative estimate of drug-likeness (QED) is 0.0501. The van der Waals surface area contributed by atoms with Crippen LogP contribution in [0.3, 0.4) is 0 Å². The van der Waals surface area contributed by atoms with Crippen LogP contribution in [0.4, 0.5) is 17.5 Å². The number of rotatable bonds is 14. The van der Waals surface area contributed by atoms with E-state index < -0.39 is 5.97 Å². The predicted octanol–water partition coefficient (Wildman–Crippen LogP) is 10.3. The van der Waals surface area contributed by atoms with E-state index in [-0.39, 0.29) is 43.2 Å². The van der Waals surface area contributed by atoms with E-state index in [1.54, 1.807) is 36.8 Å². The molecule has 0 saturated heterocycles. The molecule has 7 aromatic heterocycles. The molecule has 2 aliphatic heterocycles. The highest BCUT2D eigenvalue weighted by Gasteiger charge is 2.22. The SMILES string of the molecule is C.Cc1nc(N)ccc1CN.Cc1nc(N)ccc1CNC(=O)C1=NN=C(Cc2ccc3ncc(Cl)cc3c2)C1.Cc1nc(N)ccc1CNC(=O)c1n[nH]c(Cc2ccc3ncc(Cl)cc3c2)n1.Cl.O=C(O)C1=NN=C(Cc2ccc3ncc(Cl)cc3c2)C1. The van der Waals surface area contributed by atoms with Crippen LogP contribution in [0.5, 0.6) is 0 Å². The number of H-pyrrole nitrogens is 1. The maximum atomic E-state index is 12.4. The Morgan fingerprint density at radius 2 is 0.922 bits per heavy atom. The number of hydrogen-bond acceptors (Lipinski definition) is 19. The first kappa shape index (κ1) is 67.6. The summed E-state index contributed by atoms with van der Waals surface area (Å²) in [5.41, 5.74) is 35.3. The lowest BCUT2D eigenvalue weighted by molar-refractivity contribution is -0.129. The number of carboxylic acids is 1. The van der Waals surface area contributed by atoms with E-state index in [1.165, 1.54) is 0 Å². The number of carboxylic acid groups (broad SMARTS) is 1. The number of carbonyl (C=O) groups is 3. The highest BCUT2D eigenvalue weighted by Crippen LogP contribution is 2.23. The molecule has 0 saturated carbocycles. The second-order valence-corrected chi connectivity index (χ2v) is 21.6. The molecule has 9 heterocycles. The number of hydrogen-bond donors (Lipinski definition) is 8. The molecule has 3 aromatic carbocycles. The van der Waals surface area contributed by atoms with Crippen molar-refractivity contribution in [1.82, 2.24) is 55.7 Å². The summed E-state index contributed by atoms with van der Waals surface area (Å²) in [7, 11) is 0. The molecule has 2 amide bonds. The van der Waals surface area contributed by atoms with Crippen molar-refractivity contribution < 1.29 is 19.5 Å². The van der Waals surface area contributed by atoms with Crippen LogP contribution in [-0.4, -0.2) is 90.8 Å². The Morgan fingerprint density at radius 3 is 1.33 bits per heavy atom. The monoisotopic (exact) mass is 1290 g/mol. The number of pyridine rings is 6. The van der Waals surface area contributed by atoms with Crippen LogP contribution >= 0.6 is 47.2 Å². The van der Waals surface area contributed by atoms with Crippen LogP contribution in [0.1, 0.15) is 87.2 Å². The van der Waals surface area contributed by atoms with E-state index in [1.807, 2.05) is 112 Å². The van der Waals surface area contributed by atoms with Crippen molar-refractivity contribution in [2.24, 2.45) is 26.1 Å². The van der Waals surface area contributed by atoms with Crippen LogP contribution in [0.15, 0.2) is 148 Å². The topological polar surface area (TPSA) is 368 Å². The maximum Gasteiger partial charge on any atom is 0.352 e. The third-order valence-corrected chi connectivity index (χ3v) is 14.3. The van der Waals surface area contributed by atoms with Crippen molar-refractivity contribution in [3.8, 4) is 0 Å². The zero-order valence-electron chi connectivity index (χ0n) is 48.2. The normalized spacial score (nSPS) is 12.1. The van der Waals surface area contributed by atoms with Gasteiger partial charge in [-0.15, -0.1) is 27.7 Å². The average Bonchev–Trinajstić information content (AvgIpc) is 1.68.